The Bertz CT molecular complexity index is 904. The van der Waals surface area contributed by atoms with E-state index in [0.717, 1.165) is 28.9 Å². The van der Waals surface area contributed by atoms with E-state index in [2.05, 4.69) is 21.9 Å². The van der Waals surface area contributed by atoms with Gasteiger partial charge in [-0.1, -0.05) is 25.1 Å². The first kappa shape index (κ1) is 18.7. The third-order valence-corrected chi connectivity index (χ3v) is 4.23. The van der Waals surface area contributed by atoms with E-state index >= 15 is 0 Å². The van der Waals surface area contributed by atoms with Gasteiger partial charge in [-0.2, -0.15) is 0 Å². The number of nitrogens with zero attached hydrogens (tertiary/aromatic N) is 4. The standard InChI is InChI=1S/C22H24N4O/c1-4-11-26(15-18-7-6-10-23-14-18)22(27)20-9-5-8-19(13-20)21-24-16(2)12-17(3)25-21/h5-10,12-14H,4,11,15H2,1-3H3. The highest BCUT2D eigenvalue weighted by atomic mass is 16.2. The van der Waals surface area contributed by atoms with Gasteiger partial charge < -0.3 is 4.90 Å². The van der Waals surface area contributed by atoms with Gasteiger partial charge in [0.15, 0.2) is 5.82 Å². The van der Waals surface area contributed by atoms with E-state index in [4.69, 9.17) is 0 Å². The molecule has 3 rings (SSSR count). The maximum absolute atomic E-state index is 13.1. The maximum Gasteiger partial charge on any atom is 0.254 e. The lowest BCUT2D eigenvalue weighted by Crippen LogP contribution is -2.31. The van der Waals surface area contributed by atoms with Gasteiger partial charge in [0.05, 0.1) is 0 Å². The van der Waals surface area contributed by atoms with E-state index in [-0.39, 0.29) is 5.91 Å². The van der Waals surface area contributed by atoms with Crippen molar-refractivity contribution in [1.29, 1.82) is 0 Å². The summed E-state index contributed by atoms with van der Waals surface area (Å²) in [6, 6.07) is 13.4. The molecule has 0 fully saturated rings. The van der Waals surface area contributed by atoms with E-state index in [1.54, 1.807) is 12.4 Å². The lowest BCUT2D eigenvalue weighted by Gasteiger charge is -2.22. The lowest BCUT2D eigenvalue weighted by molar-refractivity contribution is 0.0743. The molecule has 0 saturated carbocycles. The van der Waals surface area contributed by atoms with Crippen LogP contribution in [0.15, 0.2) is 54.9 Å². The minimum atomic E-state index is 0.00641. The first-order valence-electron chi connectivity index (χ1n) is 9.17. The fourth-order valence-corrected chi connectivity index (χ4v) is 3.06. The summed E-state index contributed by atoms with van der Waals surface area (Å²) in [6.07, 6.45) is 4.43. The van der Waals surface area contributed by atoms with Gasteiger partial charge in [0.2, 0.25) is 0 Å². The number of rotatable bonds is 6. The van der Waals surface area contributed by atoms with Crippen molar-refractivity contribution in [2.24, 2.45) is 0 Å². The summed E-state index contributed by atoms with van der Waals surface area (Å²) in [6.45, 7) is 7.21. The number of carbonyl (C=O) groups is 1. The van der Waals surface area contributed by atoms with Crippen molar-refractivity contribution in [3.8, 4) is 11.4 Å². The predicted molar refractivity (Wildman–Crippen MR) is 106 cm³/mol. The Morgan fingerprint density at radius 1 is 1.04 bits per heavy atom. The number of benzene rings is 1. The number of pyridine rings is 1. The van der Waals surface area contributed by atoms with E-state index in [1.807, 2.05) is 61.2 Å². The van der Waals surface area contributed by atoms with Crippen LogP contribution >= 0.6 is 0 Å². The topological polar surface area (TPSA) is 59.0 Å². The molecule has 0 unspecified atom stereocenters. The van der Waals surface area contributed by atoms with E-state index in [0.29, 0.717) is 24.5 Å². The molecule has 0 aliphatic rings. The van der Waals surface area contributed by atoms with Crippen LogP contribution in [0.25, 0.3) is 11.4 Å². The Morgan fingerprint density at radius 3 is 2.48 bits per heavy atom. The van der Waals surface area contributed by atoms with Crippen LogP contribution in [0, 0.1) is 13.8 Å². The molecule has 27 heavy (non-hydrogen) atoms. The van der Waals surface area contributed by atoms with Crippen LogP contribution in [0.2, 0.25) is 0 Å². The van der Waals surface area contributed by atoms with Crippen molar-refractivity contribution >= 4 is 5.91 Å². The molecule has 0 N–H and O–H groups in total. The Labute approximate surface area is 160 Å². The smallest absolute Gasteiger partial charge is 0.254 e. The number of hydrogen-bond donors (Lipinski definition) is 0. The van der Waals surface area contributed by atoms with Crippen molar-refractivity contribution in [3.63, 3.8) is 0 Å². The number of aromatic nitrogens is 3. The van der Waals surface area contributed by atoms with E-state index in [1.165, 1.54) is 0 Å². The van der Waals surface area contributed by atoms with Gasteiger partial charge in [-0.3, -0.25) is 9.78 Å². The zero-order valence-electron chi connectivity index (χ0n) is 16.0. The molecule has 0 spiro atoms. The molecule has 1 amide bonds. The summed E-state index contributed by atoms with van der Waals surface area (Å²) >= 11 is 0. The summed E-state index contributed by atoms with van der Waals surface area (Å²) in [4.78, 5) is 28.1. The van der Waals surface area contributed by atoms with Gasteiger partial charge in [-0.25, -0.2) is 9.97 Å². The summed E-state index contributed by atoms with van der Waals surface area (Å²) in [5.74, 6) is 0.656. The van der Waals surface area contributed by atoms with Gasteiger partial charge in [0, 0.05) is 48.0 Å². The van der Waals surface area contributed by atoms with Crippen LogP contribution in [0.1, 0.15) is 40.7 Å². The van der Waals surface area contributed by atoms with E-state index in [9.17, 15) is 4.79 Å². The quantitative estimate of drug-likeness (QED) is 0.661. The fraction of sp³-hybridized carbons (Fsp3) is 0.273. The number of amides is 1. The molecule has 0 saturated heterocycles. The van der Waals surface area contributed by atoms with Crippen LogP contribution < -0.4 is 0 Å². The molecular weight excluding hydrogens is 336 g/mol. The van der Waals surface area contributed by atoms with E-state index < -0.39 is 0 Å². The van der Waals surface area contributed by atoms with Gasteiger partial charge in [-0.05, 0) is 50.1 Å². The summed E-state index contributed by atoms with van der Waals surface area (Å²) in [7, 11) is 0. The molecule has 5 nitrogen and oxygen atoms in total. The molecule has 0 bridgehead atoms. The first-order valence-corrected chi connectivity index (χ1v) is 9.17. The fourth-order valence-electron chi connectivity index (χ4n) is 3.06. The highest BCUT2D eigenvalue weighted by Crippen LogP contribution is 2.19. The predicted octanol–water partition coefficient (Wildman–Crippen LogP) is 4.21. The SMILES string of the molecule is CCCN(Cc1cccnc1)C(=O)c1cccc(-c2nc(C)cc(C)n2)c1. The Morgan fingerprint density at radius 2 is 1.81 bits per heavy atom. The number of aryl methyl sites for hydroxylation is 2. The minimum Gasteiger partial charge on any atom is -0.334 e. The molecule has 2 heterocycles. The molecule has 0 radical (unpaired) electrons. The Balaban J connectivity index is 1.88. The monoisotopic (exact) mass is 360 g/mol. The summed E-state index contributed by atoms with van der Waals surface area (Å²) in [5, 5.41) is 0. The molecule has 1 aromatic carbocycles. The zero-order chi connectivity index (χ0) is 19.2. The third kappa shape index (κ3) is 4.76. The van der Waals surface area contributed by atoms with Crippen molar-refractivity contribution in [1.82, 2.24) is 19.9 Å². The lowest BCUT2D eigenvalue weighted by atomic mass is 10.1. The largest absolute Gasteiger partial charge is 0.334 e. The molecule has 3 aromatic rings. The normalized spacial score (nSPS) is 10.6. The number of carbonyl (C=O) groups excluding carboxylic acids is 1. The van der Waals surface area contributed by atoms with Crippen molar-refractivity contribution < 1.29 is 4.79 Å². The molecule has 0 aliphatic heterocycles. The number of hydrogen-bond acceptors (Lipinski definition) is 4. The second-order valence-electron chi connectivity index (χ2n) is 6.64. The second kappa shape index (κ2) is 8.54. The maximum atomic E-state index is 13.1. The third-order valence-electron chi connectivity index (χ3n) is 4.23. The average molecular weight is 360 g/mol. The highest BCUT2D eigenvalue weighted by Gasteiger charge is 2.17. The van der Waals surface area contributed by atoms with Gasteiger partial charge in [-0.15, -0.1) is 0 Å². The van der Waals surface area contributed by atoms with Crippen molar-refractivity contribution in [2.45, 2.75) is 33.7 Å². The van der Waals surface area contributed by atoms with Crippen molar-refractivity contribution in [2.75, 3.05) is 6.54 Å². The molecular formula is C22H24N4O. The van der Waals surface area contributed by atoms with Crippen LogP contribution in [-0.2, 0) is 6.54 Å². The first-order chi connectivity index (χ1) is 13.1. The minimum absolute atomic E-state index is 0.00641. The summed E-state index contributed by atoms with van der Waals surface area (Å²) < 4.78 is 0. The van der Waals surface area contributed by atoms with Crippen molar-refractivity contribution in [3.05, 3.63) is 77.4 Å². The highest BCUT2D eigenvalue weighted by molar-refractivity contribution is 5.95. The molecule has 2 aromatic heterocycles. The summed E-state index contributed by atoms with van der Waals surface area (Å²) in [5.41, 5.74) is 4.35. The molecule has 5 heteroatoms. The van der Waals surface area contributed by atoms with Gasteiger partial charge in [0.25, 0.3) is 5.91 Å². The van der Waals surface area contributed by atoms with Crippen LogP contribution in [0.5, 0.6) is 0 Å². The van der Waals surface area contributed by atoms with Crippen LogP contribution in [-0.4, -0.2) is 32.3 Å². The Kier molecular flexibility index (Phi) is 5.91. The molecule has 0 aliphatic carbocycles. The van der Waals surface area contributed by atoms with Gasteiger partial charge >= 0.3 is 0 Å². The zero-order valence-corrected chi connectivity index (χ0v) is 16.0. The van der Waals surface area contributed by atoms with Crippen LogP contribution in [0.3, 0.4) is 0 Å². The second-order valence-corrected chi connectivity index (χ2v) is 6.64. The molecule has 138 valence electrons. The van der Waals surface area contributed by atoms with Gasteiger partial charge in [0.1, 0.15) is 0 Å². The van der Waals surface area contributed by atoms with Crippen LogP contribution in [0.4, 0.5) is 0 Å². The Hall–Kier alpha value is -3.08. The average Bonchev–Trinajstić information content (AvgIpc) is 2.67. The molecule has 0 atom stereocenters.